The van der Waals surface area contributed by atoms with Gasteiger partial charge in [-0.05, 0) is 19.8 Å². The first-order valence-electron chi connectivity index (χ1n) is 7.35. The van der Waals surface area contributed by atoms with Crippen LogP contribution < -0.4 is 11.1 Å². The summed E-state index contributed by atoms with van der Waals surface area (Å²) >= 11 is 0. The van der Waals surface area contributed by atoms with Gasteiger partial charge in [0.05, 0.1) is 6.61 Å². The van der Waals surface area contributed by atoms with Crippen LogP contribution >= 0.6 is 0 Å². The lowest BCUT2D eigenvalue weighted by atomic mass is 10.1. The van der Waals surface area contributed by atoms with E-state index in [9.17, 15) is 9.59 Å². The Kier molecular flexibility index (Phi) is 12.3. The summed E-state index contributed by atoms with van der Waals surface area (Å²) in [4.78, 5) is 21.5. The summed E-state index contributed by atoms with van der Waals surface area (Å²) in [7, 11) is 0. The highest BCUT2D eigenvalue weighted by molar-refractivity contribution is 5.71. The summed E-state index contributed by atoms with van der Waals surface area (Å²) in [5, 5.41) is 2.58. The number of hydrogen-bond donors (Lipinski definition) is 2. The molecular weight excluding hydrogens is 244 g/mol. The first-order chi connectivity index (χ1) is 9.16. The monoisotopic (exact) mass is 272 g/mol. The highest BCUT2D eigenvalue weighted by Gasteiger charge is 2.00. The second-order valence-electron chi connectivity index (χ2n) is 4.67. The number of urea groups is 1. The zero-order chi connectivity index (χ0) is 14.3. The Hall–Kier alpha value is -1.26. The maximum atomic E-state index is 11.1. The average Bonchev–Trinajstić information content (AvgIpc) is 2.36. The minimum absolute atomic E-state index is 0.0792. The summed E-state index contributed by atoms with van der Waals surface area (Å²) in [6.07, 6.45) is 9.50. The lowest BCUT2D eigenvalue weighted by molar-refractivity contribution is -0.143. The van der Waals surface area contributed by atoms with Gasteiger partial charge in [-0.25, -0.2) is 4.79 Å². The Morgan fingerprint density at radius 3 is 2.00 bits per heavy atom. The minimum atomic E-state index is -0.443. The van der Waals surface area contributed by atoms with Crippen LogP contribution in [0.2, 0.25) is 0 Å². The molecule has 0 aromatic rings. The van der Waals surface area contributed by atoms with Crippen molar-refractivity contribution in [1.82, 2.24) is 5.32 Å². The highest BCUT2D eigenvalue weighted by atomic mass is 16.5. The van der Waals surface area contributed by atoms with Gasteiger partial charge in [0.2, 0.25) is 0 Å². The molecular formula is C14H28N2O3. The second kappa shape index (κ2) is 13.2. The van der Waals surface area contributed by atoms with E-state index in [2.05, 4.69) is 5.32 Å². The molecule has 2 amide bonds. The third kappa shape index (κ3) is 14.7. The van der Waals surface area contributed by atoms with Crippen LogP contribution in [-0.4, -0.2) is 25.2 Å². The zero-order valence-corrected chi connectivity index (χ0v) is 12.1. The highest BCUT2D eigenvalue weighted by Crippen LogP contribution is 2.09. The molecule has 0 saturated carbocycles. The predicted octanol–water partition coefficient (Wildman–Crippen LogP) is 2.73. The van der Waals surface area contributed by atoms with Crippen LogP contribution in [0.1, 0.15) is 64.7 Å². The smallest absolute Gasteiger partial charge is 0.312 e. The molecule has 0 aromatic carbocycles. The van der Waals surface area contributed by atoms with Gasteiger partial charge < -0.3 is 15.8 Å². The number of nitrogens with two attached hydrogens (primary N) is 1. The summed E-state index contributed by atoms with van der Waals surface area (Å²) in [6.45, 7) is 2.98. The van der Waals surface area contributed by atoms with Crippen LogP contribution in [0, 0.1) is 0 Å². The van der Waals surface area contributed by atoms with Gasteiger partial charge in [0, 0.05) is 13.0 Å². The van der Waals surface area contributed by atoms with Gasteiger partial charge in [-0.1, -0.05) is 38.5 Å². The average molecular weight is 272 g/mol. The molecule has 3 N–H and O–H groups in total. The quantitative estimate of drug-likeness (QED) is 0.423. The first kappa shape index (κ1) is 17.7. The second-order valence-corrected chi connectivity index (χ2v) is 4.67. The number of carbonyl (C=O) groups is 2. The number of esters is 1. The topological polar surface area (TPSA) is 81.4 Å². The Labute approximate surface area is 116 Å². The Morgan fingerprint density at radius 2 is 1.47 bits per heavy atom. The standard InChI is InChI=1S/C14H28N2O3/c1-2-19-13(17)11-9-7-5-3-4-6-8-10-12-16-14(15)18/h2-12H2,1H3,(H3,15,16,18). The minimum Gasteiger partial charge on any atom is -0.466 e. The van der Waals surface area contributed by atoms with Crippen LogP contribution in [0.4, 0.5) is 4.79 Å². The molecule has 0 unspecified atom stereocenters. The zero-order valence-electron chi connectivity index (χ0n) is 12.1. The van der Waals surface area contributed by atoms with Crippen LogP contribution in [-0.2, 0) is 9.53 Å². The van der Waals surface area contributed by atoms with E-state index in [-0.39, 0.29) is 5.97 Å². The van der Waals surface area contributed by atoms with Gasteiger partial charge >= 0.3 is 12.0 Å². The molecule has 5 nitrogen and oxygen atoms in total. The van der Waals surface area contributed by atoms with Crippen molar-refractivity contribution in [2.45, 2.75) is 64.7 Å². The van der Waals surface area contributed by atoms with E-state index in [1.165, 1.54) is 25.7 Å². The first-order valence-corrected chi connectivity index (χ1v) is 7.35. The van der Waals surface area contributed by atoms with Gasteiger partial charge in [0.25, 0.3) is 0 Å². The van der Waals surface area contributed by atoms with E-state index in [0.717, 1.165) is 25.7 Å². The van der Waals surface area contributed by atoms with Crippen molar-refractivity contribution in [1.29, 1.82) is 0 Å². The molecule has 0 saturated heterocycles. The van der Waals surface area contributed by atoms with Crippen molar-refractivity contribution >= 4 is 12.0 Å². The molecule has 19 heavy (non-hydrogen) atoms. The lowest BCUT2D eigenvalue weighted by Gasteiger charge is -2.03. The van der Waals surface area contributed by atoms with E-state index in [0.29, 0.717) is 19.6 Å². The molecule has 112 valence electrons. The SMILES string of the molecule is CCOC(=O)CCCCCCCCCCNC(N)=O. The molecule has 0 aliphatic carbocycles. The Balaban J connectivity index is 3.06. The molecule has 5 heteroatoms. The van der Waals surface area contributed by atoms with Crippen LogP contribution in [0.15, 0.2) is 0 Å². The number of amides is 2. The number of hydrogen-bond acceptors (Lipinski definition) is 3. The third-order valence-corrected chi connectivity index (χ3v) is 2.91. The number of ether oxygens (including phenoxy) is 1. The van der Waals surface area contributed by atoms with Crippen molar-refractivity contribution in [2.75, 3.05) is 13.2 Å². The van der Waals surface area contributed by atoms with Crippen molar-refractivity contribution in [2.24, 2.45) is 5.73 Å². The summed E-state index contributed by atoms with van der Waals surface area (Å²) < 4.78 is 4.86. The fourth-order valence-electron chi connectivity index (χ4n) is 1.90. The van der Waals surface area contributed by atoms with E-state index in [1.54, 1.807) is 0 Å². The molecule has 0 atom stereocenters. The number of rotatable bonds is 12. The molecule has 0 fully saturated rings. The van der Waals surface area contributed by atoms with E-state index >= 15 is 0 Å². The van der Waals surface area contributed by atoms with Gasteiger partial charge in [-0.3, -0.25) is 4.79 Å². The molecule has 0 spiro atoms. The maximum Gasteiger partial charge on any atom is 0.312 e. The van der Waals surface area contributed by atoms with Crippen LogP contribution in [0.5, 0.6) is 0 Å². The van der Waals surface area contributed by atoms with Crippen LogP contribution in [0.25, 0.3) is 0 Å². The number of unbranched alkanes of at least 4 members (excludes halogenated alkanes) is 7. The molecule has 0 aromatic heterocycles. The van der Waals surface area contributed by atoms with Gasteiger partial charge in [0.15, 0.2) is 0 Å². The molecule has 0 rings (SSSR count). The lowest BCUT2D eigenvalue weighted by Crippen LogP contribution is -2.29. The van der Waals surface area contributed by atoms with E-state index < -0.39 is 6.03 Å². The fourth-order valence-corrected chi connectivity index (χ4v) is 1.90. The largest absolute Gasteiger partial charge is 0.466 e. The van der Waals surface area contributed by atoms with Gasteiger partial charge in [0.1, 0.15) is 0 Å². The van der Waals surface area contributed by atoms with Crippen molar-refractivity contribution in [3.8, 4) is 0 Å². The summed E-state index contributed by atoms with van der Waals surface area (Å²) in [5.41, 5.74) is 4.96. The summed E-state index contributed by atoms with van der Waals surface area (Å²) in [5.74, 6) is -0.0792. The molecule has 0 radical (unpaired) electrons. The molecule has 0 heterocycles. The van der Waals surface area contributed by atoms with Gasteiger partial charge in [-0.15, -0.1) is 0 Å². The van der Waals surface area contributed by atoms with Crippen LogP contribution in [0.3, 0.4) is 0 Å². The fraction of sp³-hybridized carbons (Fsp3) is 0.857. The van der Waals surface area contributed by atoms with Crippen molar-refractivity contribution in [3.63, 3.8) is 0 Å². The predicted molar refractivity (Wildman–Crippen MR) is 75.8 cm³/mol. The van der Waals surface area contributed by atoms with E-state index in [4.69, 9.17) is 10.5 Å². The Bertz CT molecular complexity index is 245. The number of nitrogens with one attached hydrogen (secondary N) is 1. The van der Waals surface area contributed by atoms with Crippen molar-refractivity contribution in [3.05, 3.63) is 0 Å². The van der Waals surface area contributed by atoms with Gasteiger partial charge in [-0.2, -0.15) is 0 Å². The van der Waals surface area contributed by atoms with E-state index in [1.807, 2.05) is 6.92 Å². The van der Waals surface area contributed by atoms with Crippen molar-refractivity contribution < 1.29 is 14.3 Å². The normalized spacial score (nSPS) is 10.2. The summed E-state index contributed by atoms with van der Waals surface area (Å²) in [6, 6.07) is -0.443. The molecule has 0 aliphatic heterocycles. The number of primary amides is 1. The third-order valence-electron chi connectivity index (χ3n) is 2.91. The Morgan fingerprint density at radius 1 is 0.947 bits per heavy atom. The molecule has 0 aliphatic rings. The maximum absolute atomic E-state index is 11.1. The number of carbonyl (C=O) groups excluding carboxylic acids is 2. The molecule has 0 bridgehead atoms.